The van der Waals surface area contributed by atoms with Crippen molar-refractivity contribution < 1.29 is 22.5 Å². The molecular formula is C21H17Cl2F3N4O2. The van der Waals surface area contributed by atoms with Crippen molar-refractivity contribution in [2.24, 2.45) is 0 Å². The minimum atomic E-state index is -4.63. The molecule has 2 heterocycles. The molecule has 4 rings (SSSR count). The predicted octanol–water partition coefficient (Wildman–Crippen LogP) is 5.21. The van der Waals surface area contributed by atoms with Gasteiger partial charge in [0.2, 0.25) is 5.88 Å². The molecule has 0 aliphatic carbocycles. The third-order valence-corrected chi connectivity index (χ3v) is 5.99. The second kappa shape index (κ2) is 8.55. The van der Waals surface area contributed by atoms with Gasteiger partial charge in [-0.2, -0.15) is 13.2 Å². The average Bonchev–Trinajstić information content (AvgIpc) is 3.16. The molecule has 1 fully saturated rings. The number of anilines is 2. The summed E-state index contributed by atoms with van der Waals surface area (Å²) in [5.74, 6) is -0.863. The number of aromatic nitrogens is 1. The van der Waals surface area contributed by atoms with Crippen molar-refractivity contribution in [3.8, 4) is 11.3 Å². The van der Waals surface area contributed by atoms with Crippen LogP contribution in [0, 0.1) is 0 Å². The average molecular weight is 485 g/mol. The fraction of sp³-hybridized carbons (Fsp3) is 0.238. The Kier molecular flexibility index (Phi) is 5.96. The normalized spacial score (nSPS) is 14.7. The number of nitrogens with two attached hydrogens (primary N) is 1. The molecule has 11 heteroatoms. The van der Waals surface area contributed by atoms with Gasteiger partial charge in [-0.05, 0) is 24.3 Å². The van der Waals surface area contributed by atoms with Crippen molar-refractivity contribution in [3.63, 3.8) is 0 Å². The van der Waals surface area contributed by atoms with Crippen molar-refractivity contribution in [3.05, 3.63) is 63.6 Å². The van der Waals surface area contributed by atoms with E-state index in [0.29, 0.717) is 36.2 Å². The van der Waals surface area contributed by atoms with E-state index in [-0.39, 0.29) is 22.7 Å². The van der Waals surface area contributed by atoms with Crippen molar-refractivity contribution in [1.82, 2.24) is 10.1 Å². The van der Waals surface area contributed by atoms with Gasteiger partial charge >= 0.3 is 6.18 Å². The van der Waals surface area contributed by atoms with Crippen LogP contribution >= 0.6 is 23.2 Å². The topological polar surface area (TPSA) is 75.6 Å². The van der Waals surface area contributed by atoms with E-state index in [4.69, 9.17) is 33.5 Å². The summed E-state index contributed by atoms with van der Waals surface area (Å²) in [5.41, 5.74) is 5.06. The summed E-state index contributed by atoms with van der Waals surface area (Å²) in [7, 11) is 0. The van der Waals surface area contributed by atoms with Gasteiger partial charge in [0.05, 0.1) is 15.6 Å². The lowest BCUT2D eigenvalue weighted by atomic mass is 10.00. The predicted molar refractivity (Wildman–Crippen MR) is 116 cm³/mol. The molecule has 1 aliphatic heterocycles. The fourth-order valence-corrected chi connectivity index (χ4v) is 3.93. The SMILES string of the molecule is Nc1onc(-c2ccccc2C(F)(F)F)c1C(=O)N1CCN(c2ccc(Cl)c(Cl)c2)CC1. The number of piperazine rings is 1. The van der Waals surface area contributed by atoms with Gasteiger partial charge < -0.3 is 20.1 Å². The zero-order valence-corrected chi connectivity index (χ0v) is 18.0. The van der Waals surface area contributed by atoms with Crippen molar-refractivity contribution >= 4 is 40.7 Å². The summed E-state index contributed by atoms with van der Waals surface area (Å²) in [6.45, 7) is 1.63. The highest BCUT2D eigenvalue weighted by Crippen LogP contribution is 2.39. The summed E-state index contributed by atoms with van der Waals surface area (Å²) in [4.78, 5) is 16.7. The molecule has 1 amide bonds. The molecule has 0 saturated carbocycles. The number of nitrogen functional groups attached to an aromatic ring is 1. The van der Waals surface area contributed by atoms with Gasteiger partial charge in [0.1, 0.15) is 11.3 Å². The Hall–Kier alpha value is -2.91. The van der Waals surface area contributed by atoms with Gasteiger partial charge in [-0.1, -0.05) is 46.6 Å². The first-order valence-corrected chi connectivity index (χ1v) is 10.3. The number of nitrogens with zero attached hydrogens (tertiary/aromatic N) is 3. The van der Waals surface area contributed by atoms with Crippen LogP contribution in [-0.2, 0) is 6.18 Å². The zero-order chi connectivity index (χ0) is 23.0. The Bertz CT molecular complexity index is 1160. The molecule has 0 unspecified atom stereocenters. The number of carbonyl (C=O) groups is 1. The summed E-state index contributed by atoms with van der Waals surface area (Å²) in [5, 5.41) is 4.54. The highest BCUT2D eigenvalue weighted by Gasteiger charge is 2.37. The van der Waals surface area contributed by atoms with E-state index in [2.05, 4.69) is 5.16 Å². The third-order valence-electron chi connectivity index (χ3n) is 5.26. The van der Waals surface area contributed by atoms with E-state index in [1.165, 1.54) is 23.1 Å². The molecule has 2 N–H and O–H groups in total. The Labute approximate surface area is 191 Å². The molecule has 0 atom stereocenters. The molecule has 6 nitrogen and oxygen atoms in total. The maximum Gasteiger partial charge on any atom is 0.417 e. The second-order valence-electron chi connectivity index (χ2n) is 7.19. The van der Waals surface area contributed by atoms with Crippen LogP contribution in [0.3, 0.4) is 0 Å². The Morgan fingerprint density at radius 1 is 1.03 bits per heavy atom. The number of carbonyl (C=O) groups excluding carboxylic acids is 1. The first kappa shape index (κ1) is 22.3. The van der Waals surface area contributed by atoms with Crippen LogP contribution < -0.4 is 10.6 Å². The van der Waals surface area contributed by atoms with Crippen molar-refractivity contribution in [2.45, 2.75) is 6.18 Å². The largest absolute Gasteiger partial charge is 0.417 e. The minimum absolute atomic E-state index is 0.176. The van der Waals surface area contributed by atoms with Gasteiger partial charge in [-0.25, -0.2) is 0 Å². The highest BCUT2D eigenvalue weighted by molar-refractivity contribution is 6.42. The first-order chi connectivity index (χ1) is 15.2. The number of benzene rings is 2. The van der Waals surface area contributed by atoms with Crippen LogP contribution in [0.25, 0.3) is 11.3 Å². The number of alkyl halides is 3. The van der Waals surface area contributed by atoms with E-state index >= 15 is 0 Å². The van der Waals surface area contributed by atoms with E-state index in [0.717, 1.165) is 11.8 Å². The smallest absolute Gasteiger partial charge is 0.368 e. The molecule has 0 bridgehead atoms. The molecule has 1 aromatic heterocycles. The summed E-state index contributed by atoms with van der Waals surface area (Å²) in [6.07, 6.45) is -4.63. The van der Waals surface area contributed by atoms with Crippen LogP contribution in [0.4, 0.5) is 24.7 Å². The standard InChI is InChI=1S/C21H17Cl2F3N4O2/c22-15-6-5-12(11-16(15)23)29-7-9-30(10-8-29)20(31)17-18(28-32-19(17)27)13-3-1-2-4-14(13)21(24,25)26/h1-6,11H,7-10,27H2. The number of hydrogen-bond acceptors (Lipinski definition) is 5. The molecule has 2 aromatic carbocycles. The van der Waals surface area contributed by atoms with Gasteiger partial charge in [0.15, 0.2) is 0 Å². The number of hydrogen-bond donors (Lipinski definition) is 1. The van der Waals surface area contributed by atoms with Crippen molar-refractivity contribution in [1.29, 1.82) is 0 Å². The summed E-state index contributed by atoms with van der Waals surface area (Å²) in [6, 6.07) is 10.1. The van der Waals surface area contributed by atoms with Gasteiger partial charge in [-0.3, -0.25) is 4.79 Å². The van der Waals surface area contributed by atoms with E-state index in [1.54, 1.807) is 12.1 Å². The van der Waals surface area contributed by atoms with Crippen LogP contribution in [0.15, 0.2) is 47.0 Å². The maximum absolute atomic E-state index is 13.5. The number of rotatable bonds is 3. The second-order valence-corrected chi connectivity index (χ2v) is 8.01. The lowest BCUT2D eigenvalue weighted by Gasteiger charge is -2.36. The lowest BCUT2D eigenvalue weighted by Crippen LogP contribution is -2.49. The Balaban J connectivity index is 1.57. The third kappa shape index (κ3) is 4.22. The van der Waals surface area contributed by atoms with Crippen molar-refractivity contribution in [2.75, 3.05) is 36.8 Å². The zero-order valence-electron chi connectivity index (χ0n) is 16.5. The Morgan fingerprint density at radius 3 is 2.38 bits per heavy atom. The lowest BCUT2D eigenvalue weighted by molar-refractivity contribution is -0.137. The highest BCUT2D eigenvalue weighted by atomic mass is 35.5. The molecular weight excluding hydrogens is 468 g/mol. The molecule has 0 radical (unpaired) electrons. The minimum Gasteiger partial charge on any atom is -0.368 e. The Morgan fingerprint density at radius 2 is 1.72 bits per heavy atom. The van der Waals surface area contributed by atoms with E-state index < -0.39 is 17.6 Å². The van der Waals surface area contributed by atoms with E-state index in [9.17, 15) is 18.0 Å². The van der Waals surface area contributed by atoms with Crippen LogP contribution in [-0.4, -0.2) is 42.1 Å². The monoisotopic (exact) mass is 484 g/mol. The van der Waals surface area contributed by atoms with Crippen LogP contribution in [0.5, 0.6) is 0 Å². The van der Waals surface area contributed by atoms with Gasteiger partial charge in [0.25, 0.3) is 5.91 Å². The fourth-order valence-electron chi connectivity index (χ4n) is 3.64. The number of halogens is 5. The number of amides is 1. The van der Waals surface area contributed by atoms with Gasteiger partial charge in [-0.15, -0.1) is 0 Å². The molecule has 1 aliphatic rings. The quantitative estimate of drug-likeness (QED) is 0.551. The summed E-state index contributed by atoms with van der Waals surface area (Å²) >= 11 is 12.0. The molecule has 0 spiro atoms. The van der Waals surface area contributed by atoms with Gasteiger partial charge in [0, 0.05) is 37.4 Å². The first-order valence-electron chi connectivity index (χ1n) is 9.58. The molecule has 168 valence electrons. The van der Waals surface area contributed by atoms with Crippen LogP contribution in [0.1, 0.15) is 15.9 Å². The maximum atomic E-state index is 13.5. The van der Waals surface area contributed by atoms with E-state index in [1.807, 2.05) is 11.0 Å². The van der Waals surface area contributed by atoms with Crippen LogP contribution in [0.2, 0.25) is 10.0 Å². The molecule has 32 heavy (non-hydrogen) atoms. The summed E-state index contributed by atoms with van der Waals surface area (Å²) < 4.78 is 45.4. The molecule has 1 saturated heterocycles. The molecule has 3 aromatic rings.